The summed E-state index contributed by atoms with van der Waals surface area (Å²) in [6.07, 6.45) is 13.1. The van der Waals surface area contributed by atoms with Crippen LogP contribution in [-0.4, -0.2) is 36.0 Å². The van der Waals surface area contributed by atoms with Crippen LogP contribution < -0.4 is 0 Å². The Labute approximate surface area is 212 Å². The lowest BCUT2D eigenvalue weighted by Crippen LogP contribution is -2.59. The predicted octanol–water partition coefficient (Wildman–Crippen LogP) is 6.83. The van der Waals surface area contributed by atoms with Gasteiger partial charge in [-0.25, -0.2) is 4.79 Å². The van der Waals surface area contributed by atoms with Crippen LogP contribution in [0.25, 0.3) is 0 Å². The van der Waals surface area contributed by atoms with Crippen LogP contribution >= 0.6 is 0 Å². The summed E-state index contributed by atoms with van der Waals surface area (Å²) in [5.41, 5.74) is 0.373. The fourth-order valence-electron chi connectivity index (χ4n) is 9.64. The number of ether oxygens (including phenoxy) is 3. The van der Waals surface area contributed by atoms with E-state index in [4.69, 9.17) is 14.2 Å². The Balaban J connectivity index is 1.58. The Morgan fingerprint density at radius 1 is 1.06 bits per heavy atom. The third-order valence-electron chi connectivity index (χ3n) is 11.2. The van der Waals surface area contributed by atoms with Crippen molar-refractivity contribution in [3.63, 3.8) is 0 Å². The molecule has 0 aromatic rings. The van der Waals surface area contributed by atoms with Gasteiger partial charge in [-0.1, -0.05) is 33.9 Å². The minimum absolute atomic E-state index is 0.0381. The van der Waals surface area contributed by atoms with E-state index in [-0.39, 0.29) is 17.4 Å². The molecule has 0 aromatic carbocycles. The summed E-state index contributed by atoms with van der Waals surface area (Å²) in [6, 6.07) is 0. The first kappa shape index (κ1) is 26.6. The van der Waals surface area contributed by atoms with Gasteiger partial charge >= 0.3 is 5.97 Å². The molecule has 0 aromatic heterocycles. The van der Waals surface area contributed by atoms with E-state index in [1.165, 1.54) is 25.7 Å². The van der Waals surface area contributed by atoms with E-state index >= 15 is 0 Å². The minimum atomic E-state index is -0.844. The molecule has 0 radical (unpaired) electrons. The van der Waals surface area contributed by atoms with Gasteiger partial charge in [0.2, 0.25) is 0 Å². The smallest absolute Gasteiger partial charge is 0.332 e. The maximum Gasteiger partial charge on any atom is 0.332 e. The van der Waals surface area contributed by atoms with Crippen molar-refractivity contribution >= 4 is 5.97 Å². The minimum Gasteiger partial charge on any atom is -0.499 e. The molecular formula is C30H48O5. The van der Waals surface area contributed by atoms with Crippen LogP contribution in [0, 0.1) is 46.3 Å². The van der Waals surface area contributed by atoms with E-state index in [2.05, 4.69) is 33.9 Å². The van der Waals surface area contributed by atoms with Crippen molar-refractivity contribution in [3.8, 4) is 0 Å². The van der Waals surface area contributed by atoms with E-state index in [0.717, 1.165) is 31.6 Å². The molecule has 0 heterocycles. The maximum absolute atomic E-state index is 11.8. The van der Waals surface area contributed by atoms with E-state index in [1.54, 1.807) is 12.5 Å². The lowest BCUT2D eigenvalue weighted by atomic mass is 9.43. The summed E-state index contributed by atoms with van der Waals surface area (Å²) in [5, 5.41) is 9.70. The summed E-state index contributed by atoms with van der Waals surface area (Å²) >= 11 is 0. The summed E-state index contributed by atoms with van der Waals surface area (Å²) in [5.74, 6) is 2.57. The molecule has 4 aliphatic carbocycles. The van der Waals surface area contributed by atoms with Crippen LogP contribution in [0.4, 0.5) is 0 Å². The second-order valence-corrected chi connectivity index (χ2v) is 12.4. The molecule has 1 unspecified atom stereocenters. The van der Waals surface area contributed by atoms with E-state index in [9.17, 15) is 9.90 Å². The molecule has 5 nitrogen and oxygen atoms in total. The predicted molar refractivity (Wildman–Crippen MR) is 138 cm³/mol. The van der Waals surface area contributed by atoms with Crippen LogP contribution in [0.5, 0.6) is 0 Å². The molecule has 35 heavy (non-hydrogen) atoms. The standard InChI is InChI=1S/C30H48O5/c1-7-33-21-14-15-29(5)20(17-21)10-11-22-24-13-12-23(19(4)16-26(28(31)32)34-8-2)30(24,6)27(35-9-3)18-25(22)29/h7,9,19-27H,1,3,8,10-18H2,2,4-6H3,(H,31,32)/t19-,20-,21-,22+,23-,24+,25+,26?,27+,29+,30-/m1/s1. The molecular weight excluding hydrogens is 440 g/mol. The Kier molecular flexibility index (Phi) is 7.95. The number of carboxylic acids is 1. The molecule has 4 rings (SSSR count). The van der Waals surface area contributed by atoms with Gasteiger partial charge in [0, 0.05) is 12.0 Å². The zero-order chi connectivity index (χ0) is 25.4. The first-order valence-electron chi connectivity index (χ1n) is 14.1. The van der Waals surface area contributed by atoms with Crippen molar-refractivity contribution in [1.29, 1.82) is 0 Å². The number of fused-ring (bicyclic) bond motifs is 5. The fraction of sp³-hybridized carbons (Fsp3) is 0.833. The van der Waals surface area contributed by atoms with Gasteiger partial charge in [0.1, 0.15) is 6.10 Å². The lowest BCUT2D eigenvalue weighted by molar-refractivity contribution is -0.178. The lowest BCUT2D eigenvalue weighted by Gasteiger charge is -2.63. The van der Waals surface area contributed by atoms with Crippen LogP contribution in [0.3, 0.4) is 0 Å². The first-order valence-corrected chi connectivity index (χ1v) is 14.1. The second-order valence-electron chi connectivity index (χ2n) is 12.4. The molecule has 4 fully saturated rings. The quantitative estimate of drug-likeness (QED) is 0.342. The molecule has 0 spiro atoms. The van der Waals surface area contributed by atoms with Gasteiger partial charge in [-0.15, -0.1) is 0 Å². The number of hydrogen-bond donors (Lipinski definition) is 1. The highest BCUT2D eigenvalue weighted by atomic mass is 16.5. The van der Waals surface area contributed by atoms with Gasteiger partial charge in [0.05, 0.1) is 18.6 Å². The van der Waals surface area contributed by atoms with E-state index in [1.807, 2.05) is 6.92 Å². The molecule has 4 aliphatic rings. The van der Waals surface area contributed by atoms with Crippen LogP contribution in [0.15, 0.2) is 25.7 Å². The SMILES string of the molecule is C=CO[C@@H]1CC[C@@]2(C)[C@H](CC[C@@H]3[C@@H]2C[C@H](OC=C)[C@]2(C)[C@@H]([C@H](C)CC(OCC)C(=O)O)CC[C@@H]32)C1. The third kappa shape index (κ3) is 4.55. The average Bonchev–Trinajstić information content (AvgIpc) is 3.18. The number of aliphatic carboxylic acids is 1. The summed E-state index contributed by atoms with van der Waals surface area (Å²) in [4.78, 5) is 11.8. The number of hydrogen-bond acceptors (Lipinski definition) is 4. The normalized spacial score (nSPS) is 44.2. The average molecular weight is 489 g/mol. The van der Waals surface area contributed by atoms with Crippen LogP contribution in [0.1, 0.15) is 85.5 Å². The molecule has 5 heteroatoms. The van der Waals surface area contributed by atoms with Gasteiger partial charge in [-0.3, -0.25) is 0 Å². The van der Waals surface area contributed by atoms with Crippen molar-refractivity contribution in [1.82, 2.24) is 0 Å². The van der Waals surface area contributed by atoms with Crippen LogP contribution in [-0.2, 0) is 19.0 Å². The van der Waals surface area contributed by atoms with Gasteiger partial charge in [-0.05, 0) is 106 Å². The third-order valence-corrected chi connectivity index (χ3v) is 11.2. The van der Waals surface area contributed by atoms with Gasteiger partial charge in [0.15, 0.2) is 6.10 Å². The Morgan fingerprint density at radius 2 is 1.80 bits per heavy atom. The van der Waals surface area contributed by atoms with Crippen molar-refractivity contribution in [3.05, 3.63) is 25.7 Å². The maximum atomic E-state index is 11.8. The highest BCUT2D eigenvalue weighted by Crippen LogP contribution is 2.69. The Morgan fingerprint density at radius 3 is 2.46 bits per heavy atom. The summed E-state index contributed by atoms with van der Waals surface area (Å²) < 4.78 is 17.8. The van der Waals surface area contributed by atoms with E-state index in [0.29, 0.717) is 48.2 Å². The van der Waals surface area contributed by atoms with Crippen molar-refractivity contribution in [2.24, 2.45) is 46.3 Å². The zero-order valence-electron chi connectivity index (χ0n) is 22.4. The van der Waals surface area contributed by atoms with Gasteiger partial charge in [0.25, 0.3) is 0 Å². The molecule has 0 aliphatic heterocycles. The number of carbonyl (C=O) groups is 1. The van der Waals surface area contributed by atoms with E-state index < -0.39 is 12.1 Å². The largest absolute Gasteiger partial charge is 0.499 e. The molecule has 0 amide bonds. The Bertz CT molecular complexity index is 781. The van der Waals surface area contributed by atoms with Crippen molar-refractivity contribution < 1.29 is 24.1 Å². The highest BCUT2D eigenvalue weighted by Gasteiger charge is 2.64. The second kappa shape index (κ2) is 10.5. The number of rotatable bonds is 10. The van der Waals surface area contributed by atoms with Gasteiger partial charge in [-0.2, -0.15) is 0 Å². The molecule has 4 saturated carbocycles. The monoisotopic (exact) mass is 488 g/mol. The summed E-state index contributed by atoms with van der Waals surface area (Å²) in [6.45, 7) is 17.3. The Hall–Kier alpha value is -1.49. The van der Waals surface area contributed by atoms with Crippen molar-refractivity contribution in [2.75, 3.05) is 6.61 Å². The van der Waals surface area contributed by atoms with Crippen molar-refractivity contribution in [2.45, 2.75) is 104 Å². The van der Waals surface area contributed by atoms with Gasteiger partial charge < -0.3 is 19.3 Å². The molecule has 11 atom stereocenters. The number of carboxylic acid groups (broad SMARTS) is 1. The van der Waals surface area contributed by atoms with Crippen LogP contribution in [0.2, 0.25) is 0 Å². The summed E-state index contributed by atoms with van der Waals surface area (Å²) in [7, 11) is 0. The zero-order valence-corrected chi connectivity index (χ0v) is 22.4. The molecule has 0 bridgehead atoms. The topological polar surface area (TPSA) is 65.0 Å². The highest BCUT2D eigenvalue weighted by molar-refractivity contribution is 5.72. The molecule has 1 N–H and O–H groups in total. The molecule has 198 valence electrons. The molecule has 0 saturated heterocycles. The first-order chi connectivity index (χ1) is 16.7. The fourth-order valence-corrected chi connectivity index (χ4v) is 9.64.